The number of phenolic OH excluding ortho intramolecular Hbond substituents is 1. The third-order valence-corrected chi connectivity index (χ3v) is 2.62. The van der Waals surface area contributed by atoms with Crippen LogP contribution in [0.3, 0.4) is 0 Å². The quantitative estimate of drug-likeness (QED) is 0.776. The summed E-state index contributed by atoms with van der Waals surface area (Å²) in [6, 6.07) is 5.40. The van der Waals surface area contributed by atoms with Crippen LogP contribution < -0.4 is 0 Å². The fraction of sp³-hybridized carbons (Fsp3) is 0.250. The van der Waals surface area contributed by atoms with Crippen molar-refractivity contribution in [3.8, 4) is 5.75 Å². The summed E-state index contributed by atoms with van der Waals surface area (Å²) in [4.78, 5) is 10.6. The molecular weight excluding hydrogens is 192 g/mol. The lowest BCUT2D eigenvalue weighted by molar-refractivity contribution is -0.136. The Hall–Kier alpha value is -1.77. The average molecular weight is 204 g/mol. The minimum Gasteiger partial charge on any atom is -0.507 e. The summed E-state index contributed by atoms with van der Waals surface area (Å²) in [5, 5.41) is 18.3. The van der Waals surface area contributed by atoms with E-state index in [-0.39, 0.29) is 12.2 Å². The highest BCUT2D eigenvalue weighted by Crippen LogP contribution is 2.31. The van der Waals surface area contributed by atoms with Gasteiger partial charge in [-0.3, -0.25) is 4.79 Å². The number of phenols is 1. The molecule has 2 N–H and O–H groups in total. The van der Waals surface area contributed by atoms with E-state index in [4.69, 9.17) is 5.11 Å². The summed E-state index contributed by atoms with van der Waals surface area (Å²) in [7, 11) is 0. The van der Waals surface area contributed by atoms with Crippen molar-refractivity contribution >= 4 is 12.0 Å². The number of aryl methyl sites for hydroxylation is 1. The molecule has 0 heterocycles. The molecule has 0 saturated heterocycles. The zero-order valence-corrected chi connectivity index (χ0v) is 8.23. The van der Waals surface area contributed by atoms with E-state index in [0.717, 1.165) is 29.5 Å². The molecule has 0 unspecified atom stereocenters. The van der Waals surface area contributed by atoms with E-state index in [1.807, 2.05) is 12.1 Å². The van der Waals surface area contributed by atoms with Crippen LogP contribution in [0.4, 0.5) is 0 Å². The second-order valence-electron chi connectivity index (χ2n) is 3.72. The Morgan fingerprint density at radius 2 is 2.13 bits per heavy atom. The zero-order chi connectivity index (χ0) is 10.8. The van der Waals surface area contributed by atoms with E-state index in [2.05, 4.69) is 0 Å². The Bertz CT molecular complexity index is 432. The first kappa shape index (κ1) is 9.77. The van der Waals surface area contributed by atoms with Gasteiger partial charge < -0.3 is 10.2 Å². The van der Waals surface area contributed by atoms with Gasteiger partial charge in [0.2, 0.25) is 0 Å². The predicted octanol–water partition coefficient (Wildman–Crippen LogP) is 2.20. The van der Waals surface area contributed by atoms with Crippen LogP contribution in [0.25, 0.3) is 6.08 Å². The second kappa shape index (κ2) is 3.77. The first-order chi connectivity index (χ1) is 7.16. The standard InChI is InChI=1S/C12H12O3/c13-11-3-1-2-9-5-4-8(6-10(9)11)7-12(14)15/h1-3,6,13H,4-5,7H2,(H,14,15). The normalized spacial score (nSPS) is 14.3. The third kappa shape index (κ3) is 2.01. The number of aromatic hydroxyl groups is 1. The molecule has 0 radical (unpaired) electrons. The van der Waals surface area contributed by atoms with Crippen molar-refractivity contribution < 1.29 is 15.0 Å². The Morgan fingerprint density at radius 3 is 2.87 bits per heavy atom. The first-order valence-corrected chi connectivity index (χ1v) is 4.89. The molecule has 2 rings (SSSR count). The van der Waals surface area contributed by atoms with E-state index < -0.39 is 5.97 Å². The van der Waals surface area contributed by atoms with Gasteiger partial charge in [-0.05, 0) is 24.5 Å². The van der Waals surface area contributed by atoms with Gasteiger partial charge in [0.25, 0.3) is 0 Å². The molecule has 0 aromatic heterocycles. The van der Waals surface area contributed by atoms with Gasteiger partial charge in [-0.1, -0.05) is 23.8 Å². The molecule has 3 nitrogen and oxygen atoms in total. The van der Waals surface area contributed by atoms with Crippen LogP contribution in [0.1, 0.15) is 24.0 Å². The number of benzene rings is 1. The van der Waals surface area contributed by atoms with Gasteiger partial charge in [-0.2, -0.15) is 0 Å². The van der Waals surface area contributed by atoms with E-state index in [9.17, 15) is 9.90 Å². The van der Waals surface area contributed by atoms with Crippen LogP contribution in [0, 0.1) is 0 Å². The van der Waals surface area contributed by atoms with Crippen LogP contribution in [0.5, 0.6) is 5.75 Å². The fourth-order valence-corrected chi connectivity index (χ4v) is 1.89. The van der Waals surface area contributed by atoms with Crippen molar-refractivity contribution in [2.24, 2.45) is 0 Å². The lowest BCUT2D eigenvalue weighted by Gasteiger charge is -2.16. The summed E-state index contributed by atoms with van der Waals surface area (Å²) in [5.74, 6) is -0.588. The monoisotopic (exact) mass is 204 g/mol. The average Bonchev–Trinajstić information content (AvgIpc) is 2.18. The molecule has 0 fully saturated rings. The Labute approximate surface area is 87.7 Å². The van der Waals surface area contributed by atoms with Gasteiger partial charge in [0.1, 0.15) is 5.75 Å². The number of aliphatic carboxylic acids is 1. The van der Waals surface area contributed by atoms with Crippen LogP contribution >= 0.6 is 0 Å². The first-order valence-electron chi connectivity index (χ1n) is 4.89. The molecule has 78 valence electrons. The Balaban J connectivity index is 2.35. The van der Waals surface area contributed by atoms with Crippen molar-refractivity contribution in [2.75, 3.05) is 0 Å². The minimum absolute atomic E-state index is 0.0633. The molecule has 0 saturated carbocycles. The summed E-state index contributed by atoms with van der Waals surface area (Å²) in [6.07, 6.45) is 3.43. The number of rotatable bonds is 2. The SMILES string of the molecule is O=C(O)CC1=Cc2c(O)cccc2CC1. The number of hydrogen-bond donors (Lipinski definition) is 2. The van der Waals surface area contributed by atoms with Crippen LogP contribution in [-0.4, -0.2) is 16.2 Å². The molecule has 0 amide bonds. The highest BCUT2D eigenvalue weighted by Gasteiger charge is 2.14. The Morgan fingerprint density at radius 1 is 1.33 bits per heavy atom. The van der Waals surface area contributed by atoms with E-state index in [1.54, 1.807) is 12.1 Å². The maximum Gasteiger partial charge on any atom is 0.307 e. The van der Waals surface area contributed by atoms with Gasteiger partial charge >= 0.3 is 5.97 Å². The maximum absolute atomic E-state index is 10.6. The molecule has 1 aliphatic rings. The van der Waals surface area contributed by atoms with Crippen molar-refractivity contribution in [3.05, 3.63) is 34.9 Å². The summed E-state index contributed by atoms with van der Waals surface area (Å²) in [6.45, 7) is 0. The lowest BCUT2D eigenvalue weighted by Crippen LogP contribution is -2.04. The molecule has 15 heavy (non-hydrogen) atoms. The highest BCUT2D eigenvalue weighted by atomic mass is 16.4. The Kier molecular flexibility index (Phi) is 2.46. The van der Waals surface area contributed by atoms with E-state index in [0.29, 0.717) is 0 Å². The number of fused-ring (bicyclic) bond motifs is 1. The summed E-state index contributed by atoms with van der Waals surface area (Å²) in [5.41, 5.74) is 2.74. The van der Waals surface area contributed by atoms with E-state index in [1.165, 1.54) is 0 Å². The predicted molar refractivity (Wildman–Crippen MR) is 56.7 cm³/mol. The maximum atomic E-state index is 10.6. The van der Waals surface area contributed by atoms with Crippen molar-refractivity contribution in [1.29, 1.82) is 0 Å². The van der Waals surface area contributed by atoms with Crippen molar-refractivity contribution in [2.45, 2.75) is 19.3 Å². The number of carboxylic acid groups (broad SMARTS) is 1. The van der Waals surface area contributed by atoms with Gasteiger partial charge in [-0.15, -0.1) is 0 Å². The van der Waals surface area contributed by atoms with Gasteiger partial charge in [-0.25, -0.2) is 0 Å². The zero-order valence-electron chi connectivity index (χ0n) is 8.23. The molecule has 1 aromatic rings. The van der Waals surface area contributed by atoms with Crippen LogP contribution in [0.15, 0.2) is 23.8 Å². The van der Waals surface area contributed by atoms with Crippen molar-refractivity contribution in [1.82, 2.24) is 0 Å². The van der Waals surface area contributed by atoms with Gasteiger partial charge in [0.05, 0.1) is 6.42 Å². The van der Waals surface area contributed by atoms with Crippen molar-refractivity contribution in [3.63, 3.8) is 0 Å². The lowest BCUT2D eigenvalue weighted by atomic mass is 9.90. The molecule has 1 aromatic carbocycles. The smallest absolute Gasteiger partial charge is 0.307 e. The molecule has 0 bridgehead atoms. The number of carbonyl (C=O) groups is 1. The topological polar surface area (TPSA) is 57.5 Å². The minimum atomic E-state index is -0.819. The second-order valence-corrected chi connectivity index (χ2v) is 3.72. The number of carboxylic acids is 1. The largest absolute Gasteiger partial charge is 0.507 e. The molecule has 0 aliphatic heterocycles. The van der Waals surface area contributed by atoms with Gasteiger partial charge in [0, 0.05) is 5.56 Å². The molecule has 1 aliphatic carbocycles. The fourth-order valence-electron chi connectivity index (χ4n) is 1.89. The molecule has 0 atom stereocenters. The molecule has 0 spiro atoms. The van der Waals surface area contributed by atoms with E-state index >= 15 is 0 Å². The summed E-state index contributed by atoms with van der Waals surface area (Å²) < 4.78 is 0. The summed E-state index contributed by atoms with van der Waals surface area (Å²) >= 11 is 0. The number of hydrogen-bond acceptors (Lipinski definition) is 2. The third-order valence-electron chi connectivity index (χ3n) is 2.62. The van der Waals surface area contributed by atoms with Crippen LogP contribution in [-0.2, 0) is 11.2 Å². The van der Waals surface area contributed by atoms with Gasteiger partial charge in [0.15, 0.2) is 0 Å². The van der Waals surface area contributed by atoms with Crippen LogP contribution in [0.2, 0.25) is 0 Å². The molecular formula is C12H12O3. The highest BCUT2D eigenvalue weighted by molar-refractivity contribution is 5.75. The molecule has 3 heteroatoms.